The van der Waals surface area contributed by atoms with E-state index in [2.05, 4.69) is 52.3 Å². The number of benzene rings is 2. The summed E-state index contributed by atoms with van der Waals surface area (Å²) in [5, 5.41) is 1.16. The summed E-state index contributed by atoms with van der Waals surface area (Å²) < 4.78 is 1.09. The topological polar surface area (TPSA) is 34.1 Å². The molecule has 4 heteroatoms. The molecule has 0 bridgehead atoms. The fraction of sp³-hybridized carbons (Fsp3) is 0.0625. The average Bonchev–Trinajstić information content (AvgIpc) is 2.49. The van der Waals surface area contributed by atoms with Crippen LogP contribution in [0.2, 0.25) is 0 Å². The number of nitrogens with one attached hydrogen (secondary N) is 1. The second kappa shape index (κ2) is 5.76. The molecule has 1 heterocycles. The van der Waals surface area contributed by atoms with Crippen molar-refractivity contribution in [2.75, 3.05) is 12.6 Å². The molecule has 1 aromatic heterocycles. The first-order chi connectivity index (χ1) is 9.78. The van der Waals surface area contributed by atoms with E-state index in [0.29, 0.717) is 0 Å². The van der Waals surface area contributed by atoms with Crippen molar-refractivity contribution >= 4 is 39.2 Å². The van der Waals surface area contributed by atoms with Gasteiger partial charge in [0, 0.05) is 14.5 Å². The van der Waals surface area contributed by atoms with E-state index in [-0.39, 0.29) is 0 Å². The molecule has 0 aliphatic carbocycles. The van der Waals surface area contributed by atoms with Gasteiger partial charge in [0.2, 0.25) is 0 Å². The van der Waals surface area contributed by atoms with Crippen LogP contribution in [0.5, 0.6) is 0 Å². The molecular weight excluding hydrogens is 363 g/mol. The van der Waals surface area contributed by atoms with Crippen molar-refractivity contribution in [3.63, 3.8) is 0 Å². The predicted octanol–water partition coefficient (Wildman–Crippen LogP) is 4.48. The number of hydrogen-bond acceptors (Lipinski definition) is 3. The van der Waals surface area contributed by atoms with E-state index in [4.69, 9.17) is 9.82 Å². The zero-order chi connectivity index (χ0) is 13.9. The fourth-order valence-corrected chi connectivity index (χ4v) is 2.72. The van der Waals surface area contributed by atoms with Gasteiger partial charge < -0.3 is 0 Å². The van der Waals surface area contributed by atoms with Crippen LogP contribution in [0.1, 0.15) is 0 Å². The predicted molar refractivity (Wildman–Crippen MR) is 90.5 cm³/mol. The maximum atomic E-state index is 4.94. The van der Waals surface area contributed by atoms with Crippen LogP contribution >= 0.6 is 22.6 Å². The molecule has 0 saturated carbocycles. The average molecular weight is 376 g/mol. The summed E-state index contributed by atoms with van der Waals surface area (Å²) in [6, 6.07) is 18.4. The molecular formula is C16H13IN2O. The second-order valence-electron chi connectivity index (χ2n) is 4.39. The minimum atomic E-state index is 0.956. The van der Waals surface area contributed by atoms with Crippen LogP contribution in [0.15, 0.2) is 54.6 Å². The molecule has 0 atom stereocenters. The molecule has 20 heavy (non-hydrogen) atoms. The Kier molecular flexibility index (Phi) is 3.84. The highest BCUT2D eigenvalue weighted by Crippen LogP contribution is 2.26. The van der Waals surface area contributed by atoms with Crippen LogP contribution < -0.4 is 5.48 Å². The Morgan fingerprint density at radius 1 is 1.05 bits per heavy atom. The van der Waals surface area contributed by atoms with Gasteiger partial charge in [0.1, 0.15) is 0 Å². The Balaban J connectivity index is 2.04. The van der Waals surface area contributed by atoms with Crippen molar-refractivity contribution in [3.05, 3.63) is 58.2 Å². The van der Waals surface area contributed by atoms with Gasteiger partial charge in [0.15, 0.2) is 0 Å². The van der Waals surface area contributed by atoms with Gasteiger partial charge in [0.05, 0.1) is 24.0 Å². The lowest BCUT2D eigenvalue weighted by Crippen LogP contribution is -1.98. The Labute approximate surface area is 131 Å². The Morgan fingerprint density at radius 2 is 1.90 bits per heavy atom. The lowest BCUT2D eigenvalue weighted by atomic mass is 10.1. The molecule has 2 aromatic carbocycles. The molecule has 0 aliphatic rings. The summed E-state index contributed by atoms with van der Waals surface area (Å²) in [5.41, 5.74) is 6.90. The van der Waals surface area contributed by atoms with Crippen molar-refractivity contribution in [3.8, 4) is 11.3 Å². The third-order valence-corrected chi connectivity index (χ3v) is 3.97. The number of pyridine rings is 1. The van der Waals surface area contributed by atoms with Crippen LogP contribution in [0, 0.1) is 3.57 Å². The molecule has 100 valence electrons. The number of halogens is 1. The molecule has 0 unspecified atom stereocenters. The zero-order valence-electron chi connectivity index (χ0n) is 10.9. The second-order valence-corrected chi connectivity index (χ2v) is 5.55. The summed E-state index contributed by atoms with van der Waals surface area (Å²) in [7, 11) is 1.61. The van der Waals surface area contributed by atoms with Crippen LogP contribution in [-0.2, 0) is 4.84 Å². The highest BCUT2D eigenvalue weighted by atomic mass is 127. The van der Waals surface area contributed by atoms with Crippen LogP contribution in [0.25, 0.3) is 22.2 Å². The Bertz CT molecular complexity index is 758. The van der Waals surface area contributed by atoms with Crippen molar-refractivity contribution in [1.82, 2.24) is 4.98 Å². The summed E-state index contributed by atoms with van der Waals surface area (Å²) in [6.07, 6.45) is 0. The van der Waals surface area contributed by atoms with Crippen molar-refractivity contribution in [2.45, 2.75) is 0 Å². The van der Waals surface area contributed by atoms with E-state index in [1.807, 2.05) is 30.3 Å². The number of aromatic nitrogens is 1. The molecule has 0 fully saturated rings. The molecule has 0 radical (unpaired) electrons. The number of para-hydroxylation sites is 1. The first-order valence-electron chi connectivity index (χ1n) is 6.22. The SMILES string of the molecule is CONc1ccc(-c2ccc3ccccc3n2)cc1I. The quantitative estimate of drug-likeness (QED) is 0.541. The number of rotatable bonds is 3. The van der Waals surface area contributed by atoms with Crippen molar-refractivity contribution in [2.24, 2.45) is 0 Å². The normalized spacial score (nSPS) is 10.7. The highest BCUT2D eigenvalue weighted by Gasteiger charge is 2.05. The fourth-order valence-electron chi connectivity index (χ4n) is 2.09. The van der Waals surface area contributed by atoms with Gasteiger partial charge in [-0.2, -0.15) is 0 Å². The molecule has 1 N–H and O–H groups in total. The molecule has 0 saturated heterocycles. The van der Waals surface area contributed by atoms with E-state index in [9.17, 15) is 0 Å². The molecule has 0 amide bonds. The molecule has 3 aromatic rings. The monoisotopic (exact) mass is 376 g/mol. The van der Waals surface area contributed by atoms with Crippen LogP contribution in [-0.4, -0.2) is 12.1 Å². The minimum absolute atomic E-state index is 0.956. The minimum Gasteiger partial charge on any atom is -0.279 e. The first kappa shape index (κ1) is 13.3. The Hall–Kier alpha value is -1.66. The van der Waals surface area contributed by atoms with E-state index in [1.54, 1.807) is 7.11 Å². The maximum absolute atomic E-state index is 4.94. The smallest absolute Gasteiger partial charge is 0.0738 e. The third kappa shape index (κ3) is 2.62. The largest absolute Gasteiger partial charge is 0.279 e. The lowest BCUT2D eigenvalue weighted by Gasteiger charge is -2.08. The van der Waals surface area contributed by atoms with Gasteiger partial charge >= 0.3 is 0 Å². The summed E-state index contributed by atoms with van der Waals surface area (Å²) >= 11 is 2.28. The van der Waals surface area contributed by atoms with E-state index >= 15 is 0 Å². The number of hydrogen-bond donors (Lipinski definition) is 1. The van der Waals surface area contributed by atoms with Gasteiger partial charge in [0.25, 0.3) is 0 Å². The number of nitrogens with zero attached hydrogens (tertiary/aromatic N) is 1. The zero-order valence-corrected chi connectivity index (χ0v) is 13.1. The summed E-state index contributed by atoms with van der Waals surface area (Å²) in [6.45, 7) is 0. The van der Waals surface area contributed by atoms with E-state index < -0.39 is 0 Å². The van der Waals surface area contributed by atoms with Gasteiger partial charge in [-0.25, -0.2) is 4.98 Å². The van der Waals surface area contributed by atoms with Crippen LogP contribution in [0.4, 0.5) is 5.69 Å². The van der Waals surface area contributed by atoms with Gasteiger partial charge in [-0.3, -0.25) is 10.3 Å². The number of anilines is 1. The standard InChI is InChI=1S/C16H13IN2O/c1-20-19-16-9-7-12(10-13(16)17)15-8-6-11-4-2-3-5-14(11)18-15/h2-10,19H,1H3. The molecule has 3 nitrogen and oxygen atoms in total. The summed E-state index contributed by atoms with van der Waals surface area (Å²) in [4.78, 5) is 9.65. The Morgan fingerprint density at radius 3 is 2.70 bits per heavy atom. The first-order valence-corrected chi connectivity index (χ1v) is 7.30. The lowest BCUT2D eigenvalue weighted by molar-refractivity contribution is 0.270. The number of fused-ring (bicyclic) bond motifs is 1. The van der Waals surface area contributed by atoms with Crippen molar-refractivity contribution < 1.29 is 4.84 Å². The highest BCUT2D eigenvalue weighted by molar-refractivity contribution is 14.1. The van der Waals surface area contributed by atoms with Gasteiger partial charge in [-0.05, 0) is 46.9 Å². The van der Waals surface area contributed by atoms with E-state index in [1.165, 1.54) is 0 Å². The van der Waals surface area contributed by atoms with Crippen molar-refractivity contribution in [1.29, 1.82) is 0 Å². The van der Waals surface area contributed by atoms with Gasteiger partial charge in [-0.15, -0.1) is 0 Å². The summed E-state index contributed by atoms with van der Waals surface area (Å²) in [5.74, 6) is 0. The molecule has 0 spiro atoms. The van der Waals surface area contributed by atoms with E-state index in [0.717, 1.165) is 31.4 Å². The third-order valence-electron chi connectivity index (χ3n) is 3.08. The maximum Gasteiger partial charge on any atom is 0.0738 e. The van der Waals surface area contributed by atoms with Gasteiger partial charge in [-0.1, -0.05) is 30.3 Å². The molecule has 3 rings (SSSR count). The molecule has 0 aliphatic heterocycles. The van der Waals surface area contributed by atoms with Crippen LogP contribution in [0.3, 0.4) is 0 Å².